The number of rotatable bonds is 11. The molecule has 0 aliphatic carbocycles. The molecule has 1 aromatic heterocycles. The Morgan fingerprint density at radius 1 is 1.00 bits per heavy atom. The van der Waals surface area contributed by atoms with E-state index in [-0.39, 0.29) is 18.0 Å². The van der Waals surface area contributed by atoms with Gasteiger partial charge >= 0.3 is 0 Å². The lowest BCUT2D eigenvalue weighted by Crippen LogP contribution is -2.42. The van der Waals surface area contributed by atoms with Crippen molar-refractivity contribution in [3.63, 3.8) is 0 Å². The topological polar surface area (TPSA) is 100 Å². The number of nitrogens with zero attached hydrogens (tertiary/aromatic N) is 2. The first-order valence-corrected chi connectivity index (χ1v) is 11.2. The second-order valence-corrected chi connectivity index (χ2v) is 8.40. The number of ether oxygens (including phenoxy) is 3. The Kier molecular flexibility index (Phi) is 8.03. The van der Waals surface area contributed by atoms with E-state index >= 15 is 0 Å². The van der Waals surface area contributed by atoms with Crippen molar-refractivity contribution in [2.75, 3.05) is 26.1 Å². The van der Waals surface area contributed by atoms with Gasteiger partial charge in [-0.15, -0.1) is 0 Å². The van der Waals surface area contributed by atoms with Gasteiger partial charge in [0.05, 0.1) is 25.7 Å². The van der Waals surface area contributed by atoms with Crippen molar-refractivity contribution < 1.29 is 23.5 Å². The van der Waals surface area contributed by atoms with Gasteiger partial charge in [-0.05, 0) is 70.9 Å². The van der Waals surface area contributed by atoms with Crippen LogP contribution in [0.3, 0.4) is 0 Å². The minimum absolute atomic E-state index is 0.0202. The van der Waals surface area contributed by atoms with Gasteiger partial charge in [0.25, 0.3) is 5.91 Å². The van der Waals surface area contributed by atoms with Crippen molar-refractivity contribution in [1.29, 1.82) is 0 Å². The average molecular weight is 456 g/mol. The minimum atomic E-state index is -0.0202. The maximum atomic E-state index is 12.9. The van der Waals surface area contributed by atoms with Crippen LogP contribution in [0.1, 0.15) is 50.9 Å². The molecule has 2 N–H and O–H groups in total. The van der Waals surface area contributed by atoms with Crippen LogP contribution >= 0.6 is 0 Å². The smallest absolute Gasteiger partial charge is 0.254 e. The summed E-state index contributed by atoms with van der Waals surface area (Å²) in [6.45, 7) is 9.10. The zero-order valence-electron chi connectivity index (χ0n) is 20.0. The third kappa shape index (κ3) is 5.88. The van der Waals surface area contributed by atoms with Crippen molar-refractivity contribution in [3.05, 3.63) is 42.0 Å². The van der Waals surface area contributed by atoms with E-state index < -0.39 is 0 Å². The number of aromatic nitrogens is 1. The van der Waals surface area contributed by atoms with Gasteiger partial charge in [0.2, 0.25) is 0 Å². The van der Waals surface area contributed by atoms with Gasteiger partial charge in [-0.1, -0.05) is 5.16 Å². The van der Waals surface area contributed by atoms with E-state index in [1.54, 1.807) is 31.4 Å². The van der Waals surface area contributed by atoms with Crippen LogP contribution in [-0.2, 0) is 0 Å². The highest BCUT2D eigenvalue weighted by Crippen LogP contribution is 2.29. The summed E-state index contributed by atoms with van der Waals surface area (Å²) < 4.78 is 22.3. The molecule has 178 valence electrons. The normalized spacial score (nSPS) is 11.2. The second-order valence-electron chi connectivity index (χ2n) is 8.40. The van der Waals surface area contributed by atoms with Crippen LogP contribution in [0.25, 0.3) is 11.0 Å². The lowest BCUT2D eigenvalue weighted by Gasteiger charge is -2.31. The highest BCUT2D eigenvalue weighted by atomic mass is 16.5. The Morgan fingerprint density at radius 2 is 1.70 bits per heavy atom. The van der Waals surface area contributed by atoms with Crippen LogP contribution in [-0.4, -0.2) is 48.4 Å². The molecule has 0 unspecified atom stereocenters. The molecule has 0 aliphatic heterocycles. The Morgan fingerprint density at radius 3 is 2.36 bits per heavy atom. The minimum Gasteiger partial charge on any atom is -0.493 e. The molecule has 0 bridgehead atoms. The summed E-state index contributed by atoms with van der Waals surface area (Å²) in [4.78, 5) is 14.8. The fourth-order valence-corrected chi connectivity index (χ4v) is 3.74. The number of amides is 1. The molecule has 3 aromatic rings. The monoisotopic (exact) mass is 455 g/mol. The van der Waals surface area contributed by atoms with E-state index in [0.717, 1.165) is 18.2 Å². The SMILES string of the molecule is COc1cc(C(=O)N(C(C)C)C(C)C)ccc1OCCCCOc1ccc2c(N)noc2c1. The molecule has 0 saturated heterocycles. The van der Waals surface area contributed by atoms with Gasteiger partial charge in [-0.3, -0.25) is 4.79 Å². The Labute approximate surface area is 194 Å². The fourth-order valence-electron chi connectivity index (χ4n) is 3.74. The van der Waals surface area contributed by atoms with Gasteiger partial charge in [0.15, 0.2) is 22.9 Å². The van der Waals surface area contributed by atoms with E-state index in [9.17, 15) is 4.79 Å². The highest BCUT2D eigenvalue weighted by Gasteiger charge is 2.22. The number of nitrogens with two attached hydrogens (primary N) is 1. The molecule has 0 aliphatic rings. The van der Waals surface area contributed by atoms with Crippen molar-refractivity contribution in [3.8, 4) is 17.2 Å². The van der Waals surface area contributed by atoms with Crippen molar-refractivity contribution in [1.82, 2.24) is 10.1 Å². The zero-order chi connectivity index (χ0) is 24.0. The molecule has 8 nitrogen and oxygen atoms in total. The maximum absolute atomic E-state index is 12.9. The van der Waals surface area contributed by atoms with E-state index in [2.05, 4.69) is 5.16 Å². The summed E-state index contributed by atoms with van der Waals surface area (Å²) in [5, 5.41) is 4.52. The molecule has 0 atom stereocenters. The van der Waals surface area contributed by atoms with Crippen molar-refractivity contribution in [2.24, 2.45) is 0 Å². The molecular weight excluding hydrogens is 422 g/mol. The fraction of sp³-hybridized carbons (Fsp3) is 0.440. The van der Waals surface area contributed by atoms with Gasteiger partial charge in [-0.2, -0.15) is 0 Å². The number of fused-ring (bicyclic) bond motifs is 1. The molecule has 0 saturated carbocycles. The quantitative estimate of drug-likeness (QED) is 0.410. The summed E-state index contributed by atoms with van der Waals surface area (Å²) in [7, 11) is 1.58. The van der Waals surface area contributed by atoms with E-state index in [1.807, 2.05) is 44.7 Å². The Balaban J connectivity index is 1.48. The van der Waals surface area contributed by atoms with Gasteiger partial charge in [-0.25, -0.2) is 0 Å². The third-order valence-corrected chi connectivity index (χ3v) is 5.29. The molecule has 33 heavy (non-hydrogen) atoms. The first-order valence-electron chi connectivity index (χ1n) is 11.2. The van der Waals surface area contributed by atoms with E-state index in [1.165, 1.54) is 0 Å². The number of nitrogen functional groups attached to an aromatic ring is 1. The lowest BCUT2D eigenvalue weighted by molar-refractivity contribution is 0.0643. The number of carbonyl (C=O) groups excluding carboxylic acids is 1. The molecule has 1 amide bonds. The lowest BCUT2D eigenvalue weighted by atomic mass is 10.1. The predicted octanol–water partition coefficient (Wildman–Crippen LogP) is 4.92. The largest absolute Gasteiger partial charge is 0.493 e. The summed E-state index contributed by atoms with van der Waals surface area (Å²) >= 11 is 0. The molecule has 0 radical (unpaired) electrons. The first kappa shape index (κ1) is 24.2. The summed E-state index contributed by atoms with van der Waals surface area (Å²) in [6, 6.07) is 11.0. The molecule has 3 rings (SSSR count). The van der Waals surface area contributed by atoms with Crippen LogP contribution in [0.2, 0.25) is 0 Å². The van der Waals surface area contributed by atoms with Crippen molar-refractivity contribution >= 4 is 22.7 Å². The summed E-state index contributed by atoms with van der Waals surface area (Å²) in [5.41, 5.74) is 6.91. The first-order chi connectivity index (χ1) is 15.8. The number of anilines is 1. The number of unbranched alkanes of at least 4 members (excludes halogenated alkanes) is 1. The molecule has 2 aromatic carbocycles. The summed E-state index contributed by atoms with van der Waals surface area (Å²) in [6.07, 6.45) is 1.61. The van der Waals surface area contributed by atoms with Crippen molar-refractivity contribution in [2.45, 2.75) is 52.6 Å². The third-order valence-electron chi connectivity index (χ3n) is 5.29. The zero-order valence-corrected chi connectivity index (χ0v) is 20.0. The summed E-state index contributed by atoms with van der Waals surface area (Å²) in [5.74, 6) is 2.22. The van der Waals surface area contributed by atoms with E-state index in [0.29, 0.717) is 47.4 Å². The van der Waals surface area contributed by atoms with Crippen LogP contribution in [0.4, 0.5) is 5.82 Å². The van der Waals surface area contributed by atoms with Gasteiger partial charge in [0.1, 0.15) is 5.75 Å². The van der Waals surface area contributed by atoms with Crippen LogP contribution in [0.15, 0.2) is 40.9 Å². The predicted molar refractivity (Wildman–Crippen MR) is 128 cm³/mol. The molecular formula is C25H33N3O5. The standard InChI is InChI=1S/C25H33N3O5/c1-16(2)28(17(3)4)25(29)18-8-11-21(23(14-18)30-5)32-13-7-6-12-31-19-9-10-20-22(15-19)33-27-24(20)26/h8-11,14-17H,6-7,12-13H2,1-5H3,(H2,26,27). The Hall–Kier alpha value is -3.42. The number of hydrogen-bond donors (Lipinski definition) is 1. The second kappa shape index (κ2) is 10.9. The highest BCUT2D eigenvalue weighted by molar-refractivity contribution is 5.95. The van der Waals surface area contributed by atoms with Gasteiger partial charge in [0, 0.05) is 23.7 Å². The number of carbonyl (C=O) groups is 1. The Bertz CT molecular complexity index is 1070. The molecule has 8 heteroatoms. The molecule has 0 spiro atoms. The number of methoxy groups -OCH3 is 1. The maximum Gasteiger partial charge on any atom is 0.254 e. The number of hydrogen-bond acceptors (Lipinski definition) is 7. The number of benzene rings is 2. The van der Waals surface area contributed by atoms with Crippen LogP contribution in [0, 0.1) is 0 Å². The van der Waals surface area contributed by atoms with Crippen LogP contribution in [0.5, 0.6) is 17.2 Å². The molecule has 0 fully saturated rings. The van der Waals surface area contributed by atoms with Gasteiger partial charge < -0.3 is 29.4 Å². The molecule has 1 heterocycles. The van der Waals surface area contributed by atoms with Crippen LogP contribution < -0.4 is 19.9 Å². The van der Waals surface area contributed by atoms with E-state index in [4.69, 9.17) is 24.5 Å². The average Bonchev–Trinajstić information content (AvgIpc) is 3.15.